The van der Waals surface area contributed by atoms with Gasteiger partial charge in [-0.05, 0) is 36.5 Å². The molecule has 0 radical (unpaired) electrons. The molecule has 0 aromatic carbocycles. The van der Waals surface area contributed by atoms with E-state index < -0.39 is 0 Å². The standard InChI is InChI=1S/C14H14ClN3S/c1-9-7-10(15)8-18-11(4-5-16)13(17-14(9)18)12-3-2-6-19-12/h2-3,6-8H,4-5,16H2,1H3. The number of aryl methyl sites for hydroxylation is 1. The van der Waals surface area contributed by atoms with Gasteiger partial charge in [-0.15, -0.1) is 11.3 Å². The monoisotopic (exact) mass is 291 g/mol. The van der Waals surface area contributed by atoms with Crippen LogP contribution in [0.3, 0.4) is 0 Å². The first-order valence-corrected chi connectivity index (χ1v) is 7.37. The average Bonchev–Trinajstić information content (AvgIpc) is 2.98. The highest BCUT2D eigenvalue weighted by molar-refractivity contribution is 7.13. The van der Waals surface area contributed by atoms with Crippen LogP contribution in [0.1, 0.15) is 11.3 Å². The Hall–Kier alpha value is -1.36. The van der Waals surface area contributed by atoms with Gasteiger partial charge in [0.05, 0.1) is 15.6 Å². The number of nitrogens with zero attached hydrogens (tertiary/aromatic N) is 2. The van der Waals surface area contributed by atoms with Crippen LogP contribution in [0.2, 0.25) is 5.02 Å². The number of imidazole rings is 1. The molecule has 2 N–H and O–H groups in total. The van der Waals surface area contributed by atoms with Crippen LogP contribution >= 0.6 is 22.9 Å². The Morgan fingerprint density at radius 1 is 1.47 bits per heavy atom. The minimum Gasteiger partial charge on any atom is -0.330 e. The fourth-order valence-electron chi connectivity index (χ4n) is 2.30. The summed E-state index contributed by atoms with van der Waals surface area (Å²) in [5.41, 5.74) is 9.92. The predicted molar refractivity (Wildman–Crippen MR) is 81.0 cm³/mol. The quantitative estimate of drug-likeness (QED) is 0.802. The molecule has 0 aliphatic rings. The Labute approximate surface area is 120 Å². The lowest BCUT2D eigenvalue weighted by molar-refractivity contribution is 0.906. The van der Waals surface area contributed by atoms with Crippen LogP contribution in [0.15, 0.2) is 29.8 Å². The largest absolute Gasteiger partial charge is 0.330 e. The van der Waals surface area contributed by atoms with Gasteiger partial charge in [-0.25, -0.2) is 4.98 Å². The molecule has 98 valence electrons. The van der Waals surface area contributed by atoms with E-state index in [1.165, 1.54) is 4.88 Å². The second-order valence-corrected chi connectivity index (χ2v) is 5.84. The molecule has 0 aliphatic carbocycles. The molecule has 3 rings (SSSR count). The Kier molecular flexibility index (Phi) is 3.31. The van der Waals surface area contributed by atoms with E-state index in [2.05, 4.69) is 15.8 Å². The summed E-state index contributed by atoms with van der Waals surface area (Å²) >= 11 is 7.84. The first kappa shape index (κ1) is 12.7. The van der Waals surface area contributed by atoms with Crippen molar-refractivity contribution in [3.8, 4) is 10.6 Å². The van der Waals surface area contributed by atoms with Crippen molar-refractivity contribution in [2.45, 2.75) is 13.3 Å². The third kappa shape index (κ3) is 2.16. The number of rotatable bonds is 3. The Morgan fingerprint density at radius 2 is 2.32 bits per heavy atom. The Bertz CT molecular complexity index is 716. The molecule has 0 atom stereocenters. The van der Waals surface area contributed by atoms with E-state index in [1.54, 1.807) is 11.3 Å². The van der Waals surface area contributed by atoms with Crippen LogP contribution in [0.25, 0.3) is 16.2 Å². The van der Waals surface area contributed by atoms with E-state index in [1.807, 2.05) is 25.3 Å². The van der Waals surface area contributed by atoms with Gasteiger partial charge in [0.25, 0.3) is 0 Å². The summed E-state index contributed by atoms with van der Waals surface area (Å²) in [6.07, 6.45) is 2.70. The van der Waals surface area contributed by atoms with Crippen LogP contribution in [0.5, 0.6) is 0 Å². The Balaban J connectivity index is 2.33. The molecule has 19 heavy (non-hydrogen) atoms. The van der Waals surface area contributed by atoms with Gasteiger partial charge >= 0.3 is 0 Å². The van der Waals surface area contributed by atoms with E-state index in [9.17, 15) is 0 Å². The second kappa shape index (κ2) is 4.96. The van der Waals surface area contributed by atoms with Crippen molar-refractivity contribution in [2.24, 2.45) is 5.73 Å². The smallest absolute Gasteiger partial charge is 0.140 e. The van der Waals surface area contributed by atoms with Gasteiger partial charge in [-0.1, -0.05) is 17.7 Å². The van der Waals surface area contributed by atoms with Gasteiger partial charge in [0.15, 0.2) is 0 Å². The molecule has 0 saturated heterocycles. The lowest BCUT2D eigenvalue weighted by atomic mass is 10.2. The fraction of sp³-hybridized carbons (Fsp3) is 0.214. The molecule has 3 aromatic rings. The lowest BCUT2D eigenvalue weighted by Gasteiger charge is -2.04. The molecule has 0 aliphatic heterocycles. The van der Waals surface area contributed by atoms with Gasteiger partial charge in [-0.2, -0.15) is 0 Å². The van der Waals surface area contributed by atoms with Crippen LogP contribution in [0, 0.1) is 6.92 Å². The maximum Gasteiger partial charge on any atom is 0.140 e. The van der Waals surface area contributed by atoms with E-state index in [0.717, 1.165) is 34.0 Å². The zero-order valence-corrected chi connectivity index (χ0v) is 12.1. The SMILES string of the molecule is Cc1cc(Cl)cn2c(CCN)c(-c3cccs3)nc12. The minimum absolute atomic E-state index is 0.595. The first-order chi connectivity index (χ1) is 9.20. The van der Waals surface area contributed by atoms with Crippen molar-refractivity contribution in [1.29, 1.82) is 0 Å². The normalized spacial score (nSPS) is 11.3. The third-order valence-electron chi connectivity index (χ3n) is 3.11. The van der Waals surface area contributed by atoms with Crippen LogP contribution in [0.4, 0.5) is 0 Å². The number of pyridine rings is 1. The minimum atomic E-state index is 0.595. The summed E-state index contributed by atoms with van der Waals surface area (Å²) in [6.45, 7) is 2.62. The lowest BCUT2D eigenvalue weighted by Crippen LogP contribution is -2.06. The molecular weight excluding hydrogens is 278 g/mol. The van der Waals surface area contributed by atoms with Crippen LogP contribution < -0.4 is 5.73 Å². The van der Waals surface area contributed by atoms with E-state index in [4.69, 9.17) is 22.3 Å². The van der Waals surface area contributed by atoms with Crippen molar-refractivity contribution in [3.63, 3.8) is 0 Å². The summed E-state index contributed by atoms with van der Waals surface area (Å²) < 4.78 is 2.07. The van der Waals surface area contributed by atoms with Crippen molar-refractivity contribution in [2.75, 3.05) is 6.54 Å². The molecule has 5 heteroatoms. The van der Waals surface area contributed by atoms with Crippen molar-refractivity contribution >= 4 is 28.6 Å². The number of nitrogens with two attached hydrogens (primary N) is 1. The molecule has 3 heterocycles. The molecule has 0 bridgehead atoms. The number of hydrogen-bond acceptors (Lipinski definition) is 3. The van der Waals surface area contributed by atoms with Gasteiger partial charge in [0.1, 0.15) is 11.3 Å². The van der Waals surface area contributed by atoms with Crippen LogP contribution in [-0.4, -0.2) is 15.9 Å². The maximum atomic E-state index is 6.15. The predicted octanol–water partition coefficient (Wildman–Crippen LogP) is 3.53. The number of thiophene rings is 1. The number of hydrogen-bond donors (Lipinski definition) is 1. The second-order valence-electron chi connectivity index (χ2n) is 4.46. The summed E-state index contributed by atoms with van der Waals surface area (Å²) in [5, 5.41) is 2.78. The number of fused-ring (bicyclic) bond motifs is 1. The molecule has 0 spiro atoms. The highest BCUT2D eigenvalue weighted by Crippen LogP contribution is 2.30. The third-order valence-corrected chi connectivity index (χ3v) is 4.19. The molecule has 0 amide bonds. The molecule has 3 aromatic heterocycles. The highest BCUT2D eigenvalue weighted by Gasteiger charge is 2.15. The number of halogens is 1. The Morgan fingerprint density at radius 3 is 3.00 bits per heavy atom. The van der Waals surface area contributed by atoms with Gasteiger partial charge in [0.2, 0.25) is 0 Å². The van der Waals surface area contributed by atoms with E-state index in [-0.39, 0.29) is 0 Å². The van der Waals surface area contributed by atoms with Crippen molar-refractivity contribution in [1.82, 2.24) is 9.38 Å². The van der Waals surface area contributed by atoms with E-state index >= 15 is 0 Å². The molecule has 0 unspecified atom stereocenters. The first-order valence-electron chi connectivity index (χ1n) is 6.11. The summed E-state index contributed by atoms with van der Waals surface area (Å²) in [6, 6.07) is 6.06. The topological polar surface area (TPSA) is 43.3 Å². The van der Waals surface area contributed by atoms with E-state index in [0.29, 0.717) is 6.54 Å². The van der Waals surface area contributed by atoms with Gasteiger partial charge < -0.3 is 10.1 Å². The maximum absolute atomic E-state index is 6.15. The van der Waals surface area contributed by atoms with Crippen LogP contribution in [-0.2, 0) is 6.42 Å². The van der Waals surface area contributed by atoms with Gasteiger partial charge in [-0.3, -0.25) is 0 Å². The molecule has 0 saturated carbocycles. The molecule has 3 nitrogen and oxygen atoms in total. The summed E-state index contributed by atoms with van der Waals surface area (Å²) in [7, 11) is 0. The summed E-state index contributed by atoms with van der Waals surface area (Å²) in [5.74, 6) is 0. The highest BCUT2D eigenvalue weighted by atomic mass is 35.5. The zero-order chi connectivity index (χ0) is 13.4. The number of aromatic nitrogens is 2. The molecular formula is C14H14ClN3S. The van der Waals surface area contributed by atoms with Gasteiger partial charge in [0, 0.05) is 12.6 Å². The fourth-order valence-corrected chi connectivity index (χ4v) is 3.30. The average molecular weight is 292 g/mol. The van der Waals surface area contributed by atoms with Crippen molar-refractivity contribution < 1.29 is 0 Å². The molecule has 0 fully saturated rings. The summed E-state index contributed by atoms with van der Waals surface area (Å²) in [4.78, 5) is 5.94. The van der Waals surface area contributed by atoms with Crippen molar-refractivity contribution in [3.05, 3.63) is 46.1 Å². The zero-order valence-electron chi connectivity index (χ0n) is 10.6.